The van der Waals surface area contributed by atoms with Crippen LogP contribution in [0.5, 0.6) is 11.5 Å². The molecule has 0 aromatic heterocycles. The summed E-state index contributed by atoms with van der Waals surface area (Å²) in [6, 6.07) is 14.9. The van der Waals surface area contributed by atoms with Gasteiger partial charge < -0.3 is 10.2 Å². The number of phenolic OH excluding ortho intramolecular Hbond substituents is 2. The minimum Gasteiger partial charge on any atom is -0.508 e. The van der Waals surface area contributed by atoms with Gasteiger partial charge in [0, 0.05) is 5.56 Å². The first-order valence-corrected chi connectivity index (χ1v) is 5.31. The molecule has 0 aliphatic carbocycles. The van der Waals surface area contributed by atoms with E-state index in [1.54, 1.807) is 18.2 Å². The molecule has 2 N–H and O–H groups in total. The van der Waals surface area contributed by atoms with Crippen molar-refractivity contribution in [3.05, 3.63) is 59.7 Å². The van der Waals surface area contributed by atoms with Crippen LogP contribution in [-0.4, -0.2) is 10.2 Å². The van der Waals surface area contributed by atoms with Crippen LogP contribution in [0.15, 0.2) is 48.5 Å². The van der Waals surface area contributed by atoms with Gasteiger partial charge in [-0.25, -0.2) is 0 Å². The van der Waals surface area contributed by atoms with E-state index >= 15 is 0 Å². The summed E-state index contributed by atoms with van der Waals surface area (Å²) in [5, 5.41) is 19.2. The van der Waals surface area contributed by atoms with Crippen molar-refractivity contribution >= 4 is 0 Å². The molecular weight excluding hydrogens is 200 g/mol. The molecule has 2 rings (SSSR count). The van der Waals surface area contributed by atoms with Gasteiger partial charge in [0.25, 0.3) is 0 Å². The average molecular weight is 214 g/mol. The summed E-state index contributed by atoms with van der Waals surface area (Å²) in [6.07, 6.45) is 1.45. The standard InChI is InChI=1S/C14H14O2/c15-13-7-4-8-14(16)12(13)10-9-11-5-2-1-3-6-11/h1-8,15-16H,9-10H2. The number of aromatic hydroxyl groups is 2. The Morgan fingerprint density at radius 1 is 0.688 bits per heavy atom. The topological polar surface area (TPSA) is 40.5 Å². The fourth-order valence-electron chi connectivity index (χ4n) is 1.73. The predicted molar refractivity (Wildman–Crippen MR) is 63.6 cm³/mol. The Balaban J connectivity index is 2.11. The third kappa shape index (κ3) is 2.34. The van der Waals surface area contributed by atoms with Crippen molar-refractivity contribution in [1.29, 1.82) is 0 Å². The van der Waals surface area contributed by atoms with Crippen LogP contribution in [0.25, 0.3) is 0 Å². The van der Waals surface area contributed by atoms with Crippen LogP contribution < -0.4 is 0 Å². The van der Waals surface area contributed by atoms with Gasteiger partial charge in [-0.15, -0.1) is 0 Å². The Morgan fingerprint density at radius 2 is 1.31 bits per heavy atom. The highest BCUT2D eigenvalue weighted by Gasteiger charge is 2.06. The largest absolute Gasteiger partial charge is 0.508 e. The van der Waals surface area contributed by atoms with E-state index in [0.717, 1.165) is 6.42 Å². The Hall–Kier alpha value is -1.96. The molecule has 0 saturated heterocycles. The summed E-state index contributed by atoms with van der Waals surface area (Å²) in [5.74, 6) is 0.326. The molecule has 2 nitrogen and oxygen atoms in total. The van der Waals surface area contributed by atoms with Gasteiger partial charge in [-0.3, -0.25) is 0 Å². The minimum atomic E-state index is 0.163. The van der Waals surface area contributed by atoms with E-state index in [1.165, 1.54) is 5.56 Å². The first-order chi connectivity index (χ1) is 7.77. The quantitative estimate of drug-likeness (QED) is 0.824. The molecule has 0 heterocycles. The highest BCUT2D eigenvalue weighted by molar-refractivity contribution is 5.43. The molecule has 82 valence electrons. The maximum atomic E-state index is 9.61. The van der Waals surface area contributed by atoms with Crippen molar-refractivity contribution in [3.8, 4) is 11.5 Å². The van der Waals surface area contributed by atoms with Crippen LogP contribution in [0, 0.1) is 0 Å². The Labute approximate surface area is 94.8 Å². The van der Waals surface area contributed by atoms with E-state index in [4.69, 9.17) is 0 Å². The molecule has 2 heteroatoms. The maximum absolute atomic E-state index is 9.61. The van der Waals surface area contributed by atoms with E-state index in [1.807, 2.05) is 30.3 Å². The maximum Gasteiger partial charge on any atom is 0.122 e. The molecule has 0 unspecified atom stereocenters. The molecule has 2 aromatic carbocycles. The van der Waals surface area contributed by atoms with Gasteiger partial charge in [0.05, 0.1) is 0 Å². The molecule has 0 radical (unpaired) electrons. The summed E-state index contributed by atoms with van der Waals surface area (Å²) in [7, 11) is 0. The number of aryl methyl sites for hydroxylation is 1. The molecule has 0 bridgehead atoms. The predicted octanol–water partition coefficient (Wildman–Crippen LogP) is 2.88. The zero-order valence-electron chi connectivity index (χ0n) is 8.93. The number of hydrogen-bond acceptors (Lipinski definition) is 2. The van der Waals surface area contributed by atoms with E-state index in [0.29, 0.717) is 12.0 Å². The Morgan fingerprint density at radius 3 is 1.94 bits per heavy atom. The Bertz CT molecular complexity index is 443. The number of hydrogen-bond donors (Lipinski definition) is 2. The average Bonchev–Trinajstić information content (AvgIpc) is 2.30. The van der Waals surface area contributed by atoms with Crippen molar-refractivity contribution in [2.75, 3.05) is 0 Å². The van der Waals surface area contributed by atoms with Crippen molar-refractivity contribution in [1.82, 2.24) is 0 Å². The summed E-state index contributed by atoms with van der Waals surface area (Å²) >= 11 is 0. The summed E-state index contributed by atoms with van der Waals surface area (Å²) in [5.41, 5.74) is 1.82. The molecule has 0 aliphatic rings. The molecule has 2 aromatic rings. The van der Waals surface area contributed by atoms with Crippen LogP contribution in [0.3, 0.4) is 0 Å². The highest BCUT2D eigenvalue weighted by atomic mass is 16.3. The third-order valence-corrected chi connectivity index (χ3v) is 2.63. The van der Waals surface area contributed by atoms with E-state index in [9.17, 15) is 10.2 Å². The minimum absolute atomic E-state index is 0.163. The van der Waals surface area contributed by atoms with Gasteiger partial charge >= 0.3 is 0 Å². The SMILES string of the molecule is Oc1cccc(O)c1CCc1ccccc1. The van der Waals surface area contributed by atoms with Crippen molar-refractivity contribution < 1.29 is 10.2 Å². The van der Waals surface area contributed by atoms with Gasteiger partial charge in [-0.05, 0) is 30.5 Å². The first kappa shape index (κ1) is 10.6. The lowest BCUT2D eigenvalue weighted by Crippen LogP contribution is -1.92. The monoisotopic (exact) mass is 214 g/mol. The van der Waals surface area contributed by atoms with E-state index in [2.05, 4.69) is 0 Å². The van der Waals surface area contributed by atoms with Gasteiger partial charge in [0.1, 0.15) is 11.5 Å². The van der Waals surface area contributed by atoms with E-state index in [-0.39, 0.29) is 11.5 Å². The molecule has 0 atom stereocenters. The highest BCUT2D eigenvalue weighted by Crippen LogP contribution is 2.27. The van der Waals surface area contributed by atoms with Gasteiger partial charge in [0.15, 0.2) is 0 Å². The van der Waals surface area contributed by atoms with Crippen molar-refractivity contribution in [2.24, 2.45) is 0 Å². The molecular formula is C14H14O2. The smallest absolute Gasteiger partial charge is 0.122 e. The second-order valence-corrected chi connectivity index (χ2v) is 3.76. The summed E-state index contributed by atoms with van der Waals surface area (Å²) < 4.78 is 0. The second kappa shape index (κ2) is 4.71. The normalized spacial score (nSPS) is 10.2. The first-order valence-electron chi connectivity index (χ1n) is 5.31. The summed E-state index contributed by atoms with van der Waals surface area (Å²) in [6.45, 7) is 0. The second-order valence-electron chi connectivity index (χ2n) is 3.76. The lowest BCUT2D eigenvalue weighted by molar-refractivity contribution is 0.438. The van der Waals surface area contributed by atoms with Crippen molar-refractivity contribution in [3.63, 3.8) is 0 Å². The van der Waals surface area contributed by atoms with Gasteiger partial charge in [-0.1, -0.05) is 36.4 Å². The van der Waals surface area contributed by atoms with Crippen LogP contribution >= 0.6 is 0 Å². The Kier molecular flexibility index (Phi) is 3.10. The lowest BCUT2D eigenvalue weighted by atomic mass is 10.0. The van der Waals surface area contributed by atoms with Crippen LogP contribution in [0.4, 0.5) is 0 Å². The molecule has 0 aliphatic heterocycles. The molecule has 0 fully saturated rings. The van der Waals surface area contributed by atoms with Crippen LogP contribution in [0.2, 0.25) is 0 Å². The number of rotatable bonds is 3. The zero-order valence-corrected chi connectivity index (χ0v) is 8.93. The van der Waals surface area contributed by atoms with E-state index < -0.39 is 0 Å². The van der Waals surface area contributed by atoms with Gasteiger partial charge in [-0.2, -0.15) is 0 Å². The number of phenols is 2. The van der Waals surface area contributed by atoms with Crippen LogP contribution in [-0.2, 0) is 12.8 Å². The lowest BCUT2D eigenvalue weighted by Gasteiger charge is -2.06. The molecule has 0 spiro atoms. The third-order valence-electron chi connectivity index (χ3n) is 2.63. The molecule has 0 amide bonds. The van der Waals surface area contributed by atoms with Crippen molar-refractivity contribution in [2.45, 2.75) is 12.8 Å². The van der Waals surface area contributed by atoms with Gasteiger partial charge in [0.2, 0.25) is 0 Å². The fraction of sp³-hybridized carbons (Fsp3) is 0.143. The molecule has 16 heavy (non-hydrogen) atoms. The molecule has 0 saturated carbocycles. The summed E-state index contributed by atoms with van der Waals surface area (Å²) in [4.78, 5) is 0. The number of benzene rings is 2. The van der Waals surface area contributed by atoms with Crippen LogP contribution in [0.1, 0.15) is 11.1 Å². The fourth-order valence-corrected chi connectivity index (χ4v) is 1.73. The zero-order chi connectivity index (χ0) is 11.4.